The number of benzene rings is 2. The van der Waals surface area contributed by atoms with Gasteiger partial charge in [0.05, 0.1) is 5.54 Å². The zero-order valence-electron chi connectivity index (χ0n) is 11.5. The Balaban J connectivity index is 2.16. The Labute approximate surface area is 115 Å². The summed E-state index contributed by atoms with van der Waals surface area (Å²) >= 11 is 0. The fraction of sp³-hybridized carbons (Fsp3) is 0.333. The molecule has 1 aliphatic heterocycles. The van der Waals surface area contributed by atoms with Crippen LogP contribution in [0.5, 0.6) is 0 Å². The molecule has 2 aromatic carbocycles. The second kappa shape index (κ2) is 5.18. The van der Waals surface area contributed by atoms with Crippen LogP contribution in [0.2, 0.25) is 0 Å². The molecule has 0 amide bonds. The Morgan fingerprint density at radius 3 is 1.79 bits per heavy atom. The van der Waals surface area contributed by atoms with Gasteiger partial charge in [0.1, 0.15) is 0 Å². The topological polar surface area (TPSA) is 3.24 Å². The van der Waals surface area contributed by atoms with Crippen molar-refractivity contribution in [1.29, 1.82) is 0 Å². The number of nitrogens with zero attached hydrogens (tertiary/aromatic N) is 1. The average molecular weight is 251 g/mol. The van der Waals surface area contributed by atoms with Crippen LogP contribution in [-0.4, -0.2) is 18.5 Å². The molecule has 0 bridgehead atoms. The standard InChI is InChI=1S/C18H21N/c1-19-15-9-8-14-18(19,16-10-4-2-5-11-16)17-12-6-3-7-13-17/h2-7,10-13H,8-9,14-15H2,1H3. The molecule has 0 atom stereocenters. The monoisotopic (exact) mass is 251 g/mol. The van der Waals surface area contributed by atoms with Crippen molar-refractivity contribution in [2.45, 2.75) is 24.8 Å². The predicted octanol–water partition coefficient (Wildman–Crippen LogP) is 4.05. The minimum atomic E-state index is 0.0563. The van der Waals surface area contributed by atoms with Crippen molar-refractivity contribution in [3.05, 3.63) is 71.8 Å². The molecule has 0 saturated carbocycles. The van der Waals surface area contributed by atoms with Crippen LogP contribution in [0.1, 0.15) is 30.4 Å². The van der Waals surface area contributed by atoms with Crippen molar-refractivity contribution in [2.24, 2.45) is 0 Å². The van der Waals surface area contributed by atoms with E-state index < -0.39 is 0 Å². The van der Waals surface area contributed by atoms with Gasteiger partial charge in [-0.15, -0.1) is 0 Å². The number of hydrogen-bond acceptors (Lipinski definition) is 1. The first kappa shape index (κ1) is 12.4. The van der Waals surface area contributed by atoms with E-state index in [9.17, 15) is 0 Å². The summed E-state index contributed by atoms with van der Waals surface area (Å²) in [5.41, 5.74) is 2.90. The summed E-state index contributed by atoms with van der Waals surface area (Å²) in [4.78, 5) is 2.53. The van der Waals surface area contributed by atoms with E-state index in [1.54, 1.807) is 0 Å². The highest BCUT2D eigenvalue weighted by Gasteiger charge is 2.39. The second-order valence-corrected chi connectivity index (χ2v) is 5.47. The van der Waals surface area contributed by atoms with Gasteiger partial charge in [-0.1, -0.05) is 60.7 Å². The molecule has 1 aliphatic rings. The first-order valence-electron chi connectivity index (χ1n) is 7.16. The normalized spacial score (nSPS) is 19.2. The van der Waals surface area contributed by atoms with Gasteiger partial charge in [0.15, 0.2) is 0 Å². The molecule has 1 heterocycles. The van der Waals surface area contributed by atoms with Gasteiger partial charge in [-0.3, -0.25) is 4.90 Å². The highest BCUT2D eigenvalue weighted by molar-refractivity contribution is 5.38. The first-order valence-corrected chi connectivity index (χ1v) is 7.16. The third-order valence-corrected chi connectivity index (χ3v) is 4.44. The van der Waals surface area contributed by atoms with Crippen molar-refractivity contribution in [1.82, 2.24) is 4.90 Å². The molecule has 0 spiro atoms. The van der Waals surface area contributed by atoms with Gasteiger partial charge in [0.25, 0.3) is 0 Å². The minimum absolute atomic E-state index is 0.0563. The fourth-order valence-electron chi connectivity index (χ4n) is 3.44. The Morgan fingerprint density at radius 2 is 1.32 bits per heavy atom. The number of likely N-dealkylation sites (tertiary alicyclic amines) is 1. The molecule has 2 aromatic rings. The van der Waals surface area contributed by atoms with Gasteiger partial charge < -0.3 is 0 Å². The maximum absolute atomic E-state index is 2.53. The van der Waals surface area contributed by atoms with Crippen LogP contribution in [-0.2, 0) is 5.54 Å². The van der Waals surface area contributed by atoms with Crippen LogP contribution in [0, 0.1) is 0 Å². The van der Waals surface area contributed by atoms with E-state index in [0.717, 1.165) is 0 Å². The lowest BCUT2D eigenvalue weighted by molar-refractivity contribution is 0.109. The molecule has 0 aromatic heterocycles. The average Bonchev–Trinajstić information content (AvgIpc) is 2.50. The molecule has 1 heteroatoms. The van der Waals surface area contributed by atoms with Gasteiger partial charge in [-0.05, 0) is 44.0 Å². The van der Waals surface area contributed by atoms with Crippen LogP contribution in [0.4, 0.5) is 0 Å². The fourth-order valence-corrected chi connectivity index (χ4v) is 3.44. The molecular weight excluding hydrogens is 230 g/mol. The van der Waals surface area contributed by atoms with Crippen LogP contribution < -0.4 is 0 Å². The van der Waals surface area contributed by atoms with Crippen molar-refractivity contribution in [3.8, 4) is 0 Å². The minimum Gasteiger partial charge on any atom is -0.293 e. The lowest BCUT2D eigenvalue weighted by atomic mass is 9.75. The molecule has 0 N–H and O–H groups in total. The largest absolute Gasteiger partial charge is 0.293 e. The molecule has 98 valence electrons. The Bertz CT molecular complexity index is 478. The lowest BCUT2D eigenvalue weighted by Crippen LogP contribution is -2.47. The molecule has 0 unspecified atom stereocenters. The molecule has 0 aliphatic carbocycles. The Hall–Kier alpha value is -1.60. The van der Waals surface area contributed by atoms with E-state index in [1.807, 2.05) is 0 Å². The predicted molar refractivity (Wildman–Crippen MR) is 80.1 cm³/mol. The molecule has 1 saturated heterocycles. The summed E-state index contributed by atoms with van der Waals surface area (Å²) in [5.74, 6) is 0. The van der Waals surface area contributed by atoms with Crippen molar-refractivity contribution in [3.63, 3.8) is 0 Å². The lowest BCUT2D eigenvalue weighted by Gasteiger charge is -2.46. The molecule has 1 nitrogen and oxygen atoms in total. The highest BCUT2D eigenvalue weighted by Crippen LogP contribution is 2.42. The molecule has 3 rings (SSSR count). The van der Waals surface area contributed by atoms with Gasteiger partial charge >= 0.3 is 0 Å². The van der Waals surface area contributed by atoms with E-state index >= 15 is 0 Å². The van der Waals surface area contributed by atoms with Crippen molar-refractivity contribution < 1.29 is 0 Å². The van der Waals surface area contributed by atoms with Gasteiger partial charge in [0.2, 0.25) is 0 Å². The van der Waals surface area contributed by atoms with E-state index in [-0.39, 0.29) is 5.54 Å². The molecule has 19 heavy (non-hydrogen) atoms. The smallest absolute Gasteiger partial charge is 0.0713 e. The molecular formula is C18H21N. The van der Waals surface area contributed by atoms with Crippen LogP contribution >= 0.6 is 0 Å². The number of rotatable bonds is 2. The number of hydrogen-bond donors (Lipinski definition) is 0. The summed E-state index contributed by atoms with van der Waals surface area (Å²) in [7, 11) is 2.26. The van der Waals surface area contributed by atoms with E-state index in [1.165, 1.54) is 36.9 Å². The number of piperidine rings is 1. The zero-order valence-corrected chi connectivity index (χ0v) is 11.5. The van der Waals surface area contributed by atoms with Crippen LogP contribution in [0.25, 0.3) is 0 Å². The zero-order chi connectivity index (χ0) is 13.1. The third kappa shape index (κ3) is 2.08. The second-order valence-electron chi connectivity index (χ2n) is 5.47. The summed E-state index contributed by atoms with van der Waals surface area (Å²) in [6.45, 7) is 1.17. The maximum Gasteiger partial charge on any atom is 0.0713 e. The van der Waals surface area contributed by atoms with Gasteiger partial charge in [0, 0.05) is 0 Å². The maximum atomic E-state index is 2.53. The Kier molecular flexibility index (Phi) is 3.39. The van der Waals surface area contributed by atoms with Crippen LogP contribution in [0.15, 0.2) is 60.7 Å². The molecule has 0 radical (unpaired) electrons. The summed E-state index contributed by atoms with van der Waals surface area (Å²) in [6.07, 6.45) is 3.81. The SMILES string of the molecule is CN1CCCCC1(c1ccccc1)c1ccccc1. The highest BCUT2D eigenvalue weighted by atomic mass is 15.2. The summed E-state index contributed by atoms with van der Waals surface area (Å²) < 4.78 is 0. The van der Waals surface area contributed by atoms with Crippen LogP contribution in [0.3, 0.4) is 0 Å². The quantitative estimate of drug-likeness (QED) is 0.778. The summed E-state index contributed by atoms with van der Waals surface area (Å²) in [6, 6.07) is 21.9. The Morgan fingerprint density at radius 1 is 0.789 bits per heavy atom. The molecule has 1 fully saturated rings. The van der Waals surface area contributed by atoms with Gasteiger partial charge in [-0.2, -0.15) is 0 Å². The summed E-state index contributed by atoms with van der Waals surface area (Å²) in [5, 5.41) is 0. The van der Waals surface area contributed by atoms with E-state index in [2.05, 4.69) is 72.6 Å². The van der Waals surface area contributed by atoms with Crippen molar-refractivity contribution >= 4 is 0 Å². The van der Waals surface area contributed by atoms with E-state index in [4.69, 9.17) is 0 Å². The first-order chi connectivity index (χ1) is 9.34. The van der Waals surface area contributed by atoms with Crippen molar-refractivity contribution in [2.75, 3.05) is 13.6 Å². The van der Waals surface area contributed by atoms with E-state index in [0.29, 0.717) is 0 Å². The third-order valence-electron chi connectivity index (χ3n) is 4.44. The van der Waals surface area contributed by atoms with Gasteiger partial charge in [-0.25, -0.2) is 0 Å².